The molecule has 2 aliphatic heterocycles. The van der Waals surface area contributed by atoms with Gasteiger partial charge in [0.25, 0.3) is 0 Å². The Morgan fingerprint density at radius 3 is 2.37 bits per heavy atom. The highest BCUT2D eigenvalue weighted by Crippen LogP contribution is 2.36. The molecule has 2 atom stereocenters. The van der Waals surface area contributed by atoms with E-state index in [-0.39, 0.29) is 0 Å². The molecule has 3 nitrogen and oxygen atoms in total. The van der Waals surface area contributed by atoms with Gasteiger partial charge in [0, 0.05) is 57.2 Å². The maximum Gasteiger partial charge on any atom is 0.0433 e. The molecule has 0 radical (unpaired) electrons. The first-order valence-corrected chi connectivity index (χ1v) is 9.94. The number of hydrogen-bond donors (Lipinski definition) is 0. The molecule has 0 amide bonds. The van der Waals surface area contributed by atoms with E-state index in [2.05, 4.69) is 95.5 Å². The third kappa shape index (κ3) is 2.96. The van der Waals surface area contributed by atoms with Crippen LogP contribution in [0.4, 0.5) is 11.4 Å². The van der Waals surface area contributed by atoms with Crippen LogP contribution in [-0.4, -0.2) is 44.2 Å². The Kier molecular flexibility index (Phi) is 4.05. The van der Waals surface area contributed by atoms with Gasteiger partial charge in [-0.1, -0.05) is 42.5 Å². The Morgan fingerprint density at radius 2 is 1.63 bits per heavy atom. The van der Waals surface area contributed by atoms with E-state index in [9.17, 15) is 0 Å². The zero-order valence-corrected chi connectivity index (χ0v) is 16.2. The maximum absolute atomic E-state index is 2.69. The van der Waals surface area contributed by atoms with Gasteiger partial charge in [0.15, 0.2) is 0 Å². The normalized spacial score (nSPS) is 21.9. The van der Waals surface area contributed by atoms with Gasteiger partial charge in [-0.15, -0.1) is 0 Å². The molecule has 138 valence electrons. The molecular weight excluding hydrogens is 330 g/mol. The van der Waals surface area contributed by atoms with E-state index in [0.29, 0.717) is 12.1 Å². The van der Waals surface area contributed by atoms with Crippen molar-refractivity contribution in [1.29, 1.82) is 0 Å². The summed E-state index contributed by atoms with van der Waals surface area (Å²) in [7, 11) is 4.19. The average Bonchev–Trinajstić information content (AvgIpc) is 3.29. The highest BCUT2D eigenvalue weighted by Gasteiger charge is 2.43. The van der Waals surface area contributed by atoms with Crippen LogP contribution >= 0.6 is 0 Å². The third-order valence-corrected chi connectivity index (χ3v) is 6.31. The second kappa shape index (κ2) is 6.58. The number of rotatable bonds is 4. The van der Waals surface area contributed by atoms with Gasteiger partial charge in [0.1, 0.15) is 0 Å². The van der Waals surface area contributed by atoms with Crippen molar-refractivity contribution in [3.05, 3.63) is 72.3 Å². The fourth-order valence-corrected chi connectivity index (χ4v) is 4.85. The Hall–Kier alpha value is -2.52. The van der Waals surface area contributed by atoms with Crippen LogP contribution in [0.3, 0.4) is 0 Å². The second-order valence-corrected chi connectivity index (χ2v) is 8.17. The lowest BCUT2D eigenvalue weighted by atomic mass is 10.0. The molecule has 5 rings (SSSR count). The number of hydrogen-bond acceptors (Lipinski definition) is 3. The Labute approximate surface area is 161 Å². The van der Waals surface area contributed by atoms with Crippen molar-refractivity contribution in [2.75, 3.05) is 37.0 Å². The van der Waals surface area contributed by atoms with Crippen molar-refractivity contribution >= 4 is 22.1 Å². The van der Waals surface area contributed by atoms with Gasteiger partial charge in [0.2, 0.25) is 0 Å². The van der Waals surface area contributed by atoms with E-state index in [1.165, 1.54) is 40.7 Å². The van der Waals surface area contributed by atoms with E-state index in [4.69, 9.17) is 0 Å². The van der Waals surface area contributed by atoms with Gasteiger partial charge in [-0.3, -0.25) is 4.90 Å². The number of anilines is 2. The van der Waals surface area contributed by atoms with Crippen LogP contribution in [0.5, 0.6) is 0 Å². The van der Waals surface area contributed by atoms with Crippen molar-refractivity contribution in [1.82, 2.24) is 4.90 Å². The van der Waals surface area contributed by atoms with E-state index in [1.807, 2.05) is 0 Å². The molecule has 0 spiro atoms. The lowest BCUT2D eigenvalue weighted by Crippen LogP contribution is -2.46. The van der Waals surface area contributed by atoms with Gasteiger partial charge in [-0.05, 0) is 47.0 Å². The lowest BCUT2D eigenvalue weighted by molar-refractivity contribution is 0.231. The topological polar surface area (TPSA) is 9.72 Å². The maximum atomic E-state index is 2.69. The summed E-state index contributed by atoms with van der Waals surface area (Å²) in [5.74, 6) is 0. The number of nitrogens with zero attached hydrogens (tertiary/aromatic N) is 3. The van der Waals surface area contributed by atoms with Gasteiger partial charge >= 0.3 is 0 Å². The molecule has 3 aromatic carbocycles. The first-order valence-electron chi connectivity index (χ1n) is 9.94. The van der Waals surface area contributed by atoms with Crippen LogP contribution in [0.25, 0.3) is 10.8 Å². The molecule has 0 unspecified atom stereocenters. The molecular formula is C24H27N3. The van der Waals surface area contributed by atoms with E-state index in [1.54, 1.807) is 0 Å². The molecule has 0 saturated carbocycles. The summed E-state index contributed by atoms with van der Waals surface area (Å²) in [6, 6.07) is 25.8. The van der Waals surface area contributed by atoms with Crippen molar-refractivity contribution in [2.24, 2.45) is 0 Å². The van der Waals surface area contributed by atoms with Crippen molar-refractivity contribution in [2.45, 2.75) is 25.0 Å². The highest BCUT2D eigenvalue weighted by molar-refractivity contribution is 5.85. The summed E-state index contributed by atoms with van der Waals surface area (Å²) < 4.78 is 0. The summed E-state index contributed by atoms with van der Waals surface area (Å²) in [6.07, 6.45) is 1.29. The summed E-state index contributed by atoms with van der Waals surface area (Å²) in [5, 5.41) is 2.75. The summed E-state index contributed by atoms with van der Waals surface area (Å²) in [5.41, 5.74) is 4.10. The lowest BCUT2D eigenvalue weighted by Gasteiger charge is -2.36. The molecule has 2 fully saturated rings. The average molecular weight is 358 g/mol. The Morgan fingerprint density at radius 1 is 0.852 bits per heavy atom. The minimum atomic E-state index is 0.648. The third-order valence-electron chi connectivity index (χ3n) is 6.31. The molecule has 0 N–H and O–H groups in total. The number of fused-ring (bicyclic) bond motifs is 3. The Bertz CT molecular complexity index is 942. The fraction of sp³-hybridized carbons (Fsp3) is 0.333. The largest absolute Gasteiger partial charge is 0.378 e. The molecule has 2 aliphatic rings. The number of benzene rings is 3. The highest BCUT2D eigenvalue weighted by atomic mass is 15.3. The zero-order valence-electron chi connectivity index (χ0n) is 16.2. The minimum Gasteiger partial charge on any atom is -0.378 e. The van der Waals surface area contributed by atoms with Crippen LogP contribution in [-0.2, 0) is 6.54 Å². The molecule has 27 heavy (non-hydrogen) atoms. The quantitative estimate of drug-likeness (QED) is 0.686. The molecule has 0 aliphatic carbocycles. The summed E-state index contributed by atoms with van der Waals surface area (Å²) in [6.45, 7) is 3.38. The standard InChI is InChI=1S/C24H27N3/c1-25(2)20-10-12-21(13-11-20)27-17-22-14-23(27)16-26(22)15-19-8-5-7-18-6-3-4-9-24(18)19/h3-13,22-23H,14-17H2,1-2H3/t22-,23-/m0/s1. The molecule has 2 heterocycles. The van der Waals surface area contributed by atoms with Crippen LogP contribution in [0, 0.1) is 0 Å². The molecule has 3 aromatic rings. The monoisotopic (exact) mass is 357 g/mol. The Balaban J connectivity index is 1.31. The first-order chi connectivity index (χ1) is 13.2. The molecule has 2 saturated heterocycles. The second-order valence-electron chi connectivity index (χ2n) is 8.17. The smallest absolute Gasteiger partial charge is 0.0433 e. The van der Waals surface area contributed by atoms with Crippen LogP contribution in [0.15, 0.2) is 66.7 Å². The number of piperazine rings is 1. The van der Waals surface area contributed by atoms with Crippen LogP contribution in [0.1, 0.15) is 12.0 Å². The molecule has 0 aromatic heterocycles. The number of likely N-dealkylation sites (tertiary alicyclic amines) is 1. The van der Waals surface area contributed by atoms with E-state index >= 15 is 0 Å². The van der Waals surface area contributed by atoms with Gasteiger partial charge in [-0.25, -0.2) is 0 Å². The van der Waals surface area contributed by atoms with Crippen molar-refractivity contribution in [3.8, 4) is 0 Å². The van der Waals surface area contributed by atoms with Gasteiger partial charge < -0.3 is 9.80 Å². The zero-order chi connectivity index (χ0) is 18.4. The van der Waals surface area contributed by atoms with E-state index < -0.39 is 0 Å². The molecule has 3 heteroatoms. The summed E-state index contributed by atoms with van der Waals surface area (Å²) >= 11 is 0. The van der Waals surface area contributed by atoms with Gasteiger partial charge in [0.05, 0.1) is 0 Å². The van der Waals surface area contributed by atoms with Crippen molar-refractivity contribution < 1.29 is 0 Å². The summed E-state index contributed by atoms with van der Waals surface area (Å²) in [4.78, 5) is 7.46. The predicted molar refractivity (Wildman–Crippen MR) is 115 cm³/mol. The molecule has 2 bridgehead atoms. The van der Waals surface area contributed by atoms with Gasteiger partial charge in [-0.2, -0.15) is 0 Å². The SMILES string of the molecule is CN(C)c1ccc(N2C[C@@H]3C[C@H]2CN3Cc2cccc3ccccc23)cc1. The predicted octanol–water partition coefficient (Wildman–Crippen LogP) is 4.37. The minimum absolute atomic E-state index is 0.648. The van der Waals surface area contributed by atoms with Crippen LogP contribution in [0.2, 0.25) is 0 Å². The van der Waals surface area contributed by atoms with Crippen molar-refractivity contribution in [3.63, 3.8) is 0 Å². The fourth-order valence-electron chi connectivity index (χ4n) is 4.85. The van der Waals surface area contributed by atoms with E-state index in [0.717, 1.165) is 13.1 Å². The first kappa shape index (κ1) is 16.6. The van der Waals surface area contributed by atoms with Crippen LogP contribution < -0.4 is 9.80 Å².